The molecular weight excluding hydrogens is 274 g/mol. The van der Waals surface area contributed by atoms with Crippen LogP contribution in [0.15, 0.2) is 48.5 Å². The largest absolute Gasteiger partial charge is 0.494 e. The lowest BCUT2D eigenvalue weighted by Crippen LogP contribution is -2.31. The van der Waals surface area contributed by atoms with Crippen LogP contribution in [0.3, 0.4) is 0 Å². The lowest BCUT2D eigenvalue weighted by atomic mass is 10.0. The summed E-state index contributed by atoms with van der Waals surface area (Å²) in [5.74, 6) is 0.908. The first-order chi connectivity index (χ1) is 10.7. The van der Waals surface area contributed by atoms with Gasteiger partial charge in [-0.15, -0.1) is 0 Å². The van der Waals surface area contributed by atoms with E-state index in [-0.39, 0.29) is 18.2 Å². The minimum atomic E-state index is -0.376. The highest BCUT2D eigenvalue weighted by Crippen LogP contribution is 2.34. The molecule has 3 nitrogen and oxygen atoms in total. The molecule has 116 valence electrons. The molecule has 0 saturated carbocycles. The average molecular weight is 297 g/mol. The van der Waals surface area contributed by atoms with Crippen LogP contribution >= 0.6 is 0 Å². The first-order valence-electron chi connectivity index (χ1n) is 7.94. The van der Waals surface area contributed by atoms with Gasteiger partial charge in [-0.1, -0.05) is 42.5 Å². The van der Waals surface area contributed by atoms with Gasteiger partial charge in [-0.2, -0.15) is 0 Å². The van der Waals surface area contributed by atoms with E-state index >= 15 is 0 Å². The van der Waals surface area contributed by atoms with Gasteiger partial charge >= 0.3 is 0 Å². The van der Waals surface area contributed by atoms with Crippen molar-refractivity contribution in [3.63, 3.8) is 0 Å². The summed E-state index contributed by atoms with van der Waals surface area (Å²) in [4.78, 5) is 0. The lowest BCUT2D eigenvalue weighted by Gasteiger charge is -2.24. The summed E-state index contributed by atoms with van der Waals surface area (Å²) in [6.07, 6.45) is 0.340. The van der Waals surface area contributed by atoms with Crippen molar-refractivity contribution in [1.82, 2.24) is 5.32 Å². The number of benzene rings is 2. The Morgan fingerprint density at radius 1 is 1.18 bits per heavy atom. The number of para-hydroxylation sites is 1. The van der Waals surface area contributed by atoms with Gasteiger partial charge in [-0.05, 0) is 31.0 Å². The van der Waals surface area contributed by atoms with Crippen LogP contribution in [0.1, 0.15) is 42.6 Å². The molecule has 0 radical (unpaired) electrons. The molecule has 3 atom stereocenters. The zero-order valence-corrected chi connectivity index (χ0v) is 13.1. The normalized spacial score (nSPS) is 21.4. The standard InChI is InChI=1S/C19H23NO2/c1-3-22-18-11-7-6-9-15(18)13(2)20-19-16-10-5-4-8-14(16)12-17(19)21/h4-11,13,17,19-21H,3,12H2,1-2H3. The van der Waals surface area contributed by atoms with Gasteiger partial charge in [0, 0.05) is 18.0 Å². The van der Waals surface area contributed by atoms with E-state index in [1.807, 2.05) is 37.3 Å². The summed E-state index contributed by atoms with van der Waals surface area (Å²) >= 11 is 0. The summed E-state index contributed by atoms with van der Waals surface area (Å²) in [5, 5.41) is 14.0. The molecule has 0 aromatic heterocycles. The van der Waals surface area contributed by atoms with Gasteiger partial charge < -0.3 is 15.2 Å². The third kappa shape index (κ3) is 2.87. The quantitative estimate of drug-likeness (QED) is 0.889. The van der Waals surface area contributed by atoms with Gasteiger partial charge in [0.1, 0.15) is 5.75 Å². The van der Waals surface area contributed by atoms with Gasteiger partial charge in [0.05, 0.1) is 18.8 Å². The molecule has 2 aromatic carbocycles. The topological polar surface area (TPSA) is 41.5 Å². The third-order valence-corrected chi connectivity index (χ3v) is 4.32. The molecule has 0 bridgehead atoms. The van der Waals surface area contributed by atoms with Crippen LogP contribution in [0.2, 0.25) is 0 Å². The van der Waals surface area contributed by atoms with Crippen LogP contribution in [0.4, 0.5) is 0 Å². The minimum absolute atomic E-state index is 0.0270. The van der Waals surface area contributed by atoms with Crippen LogP contribution in [0.5, 0.6) is 5.75 Å². The zero-order chi connectivity index (χ0) is 15.5. The molecule has 22 heavy (non-hydrogen) atoms. The Morgan fingerprint density at radius 2 is 1.91 bits per heavy atom. The van der Waals surface area contributed by atoms with Crippen molar-refractivity contribution >= 4 is 0 Å². The Kier molecular flexibility index (Phi) is 4.46. The van der Waals surface area contributed by atoms with Gasteiger partial charge in [-0.3, -0.25) is 0 Å². The molecule has 2 aromatic rings. The van der Waals surface area contributed by atoms with Gasteiger partial charge in [0.15, 0.2) is 0 Å². The van der Waals surface area contributed by atoms with Gasteiger partial charge in [0.2, 0.25) is 0 Å². The SMILES string of the molecule is CCOc1ccccc1C(C)NC1c2ccccc2CC1O. The Morgan fingerprint density at radius 3 is 2.73 bits per heavy atom. The summed E-state index contributed by atoms with van der Waals surface area (Å²) in [5.41, 5.74) is 3.56. The fraction of sp³-hybridized carbons (Fsp3) is 0.368. The molecule has 3 rings (SSSR count). The number of nitrogens with one attached hydrogen (secondary N) is 1. The monoisotopic (exact) mass is 297 g/mol. The number of ether oxygens (including phenoxy) is 1. The van der Waals surface area contributed by atoms with Gasteiger partial charge in [-0.25, -0.2) is 0 Å². The van der Waals surface area contributed by atoms with Crippen molar-refractivity contribution < 1.29 is 9.84 Å². The van der Waals surface area contributed by atoms with Gasteiger partial charge in [0.25, 0.3) is 0 Å². The molecule has 1 aliphatic rings. The second kappa shape index (κ2) is 6.51. The number of aliphatic hydroxyl groups excluding tert-OH is 1. The maximum Gasteiger partial charge on any atom is 0.124 e. The fourth-order valence-electron chi connectivity index (χ4n) is 3.26. The highest BCUT2D eigenvalue weighted by Gasteiger charge is 2.31. The maximum absolute atomic E-state index is 10.4. The Bertz CT molecular complexity index is 641. The van der Waals surface area contributed by atoms with Crippen LogP contribution in [-0.2, 0) is 6.42 Å². The molecule has 1 aliphatic carbocycles. The molecule has 3 heteroatoms. The molecule has 2 N–H and O–H groups in total. The van der Waals surface area contributed by atoms with Crippen LogP contribution in [-0.4, -0.2) is 17.8 Å². The highest BCUT2D eigenvalue weighted by molar-refractivity contribution is 5.39. The molecule has 0 amide bonds. The Balaban J connectivity index is 1.82. The maximum atomic E-state index is 10.4. The minimum Gasteiger partial charge on any atom is -0.494 e. The molecular formula is C19H23NO2. The van der Waals surface area contributed by atoms with Crippen LogP contribution < -0.4 is 10.1 Å². The van der Waals surface area contributed by atoms with Crippen molar-refractivity contribution in [1.29, 1.82) is 0 Å². The number of hydrogen-bond donors (Lipinski definition) is 2. The van der Waals surface area contributed by atoms with E-state index in [0.717, 1.165) is 11.3 Å². The molecule has 0 saturated heterocycles. The van der Waals surface area contributed by atoms with E-state index in [1.165, 1.54) is 11.1 Å². The molecule has 0 spiro atoms. The second-order valence-corrected chi connectivity index (χ2v) is 5.81. The summed E-state index contributed by atoms with van der Waals surface area (Å²) < 4.78 is 5.72. The van der Waals surface area contributed by atoms with E-state index in [0.29, 0.717) is 13.0 Å². The van der Waals surface area contributed by atoms with E-state index in [9.17, 15) is 5.11 Å². The van der Waals surface area contributed by atoms with Crippen molar-refractivity contribution in [2.75, 3.05) is 6.61 Å². The summed E-state index contributed by atoms with van der Waals surface area (Å²) in [7, 11) is 0. The van der Waals surface area contributed by atoms with Crippen molar-refractivity contribution in [2.24, 2.45) is 0 Å². The predicted molar refractivity (Wildman–Crippen MR) is 88.1 cm³/mol. The molecule has 0 aliphatic heterocycles. The van der Waals surface area contributed by atoms with E-state index in [1.54, 1.807) is 0 Å². The number of fused-ring (bicyclic) bond motifs is 1. The van der Waals surface area contributed by atoms with Crippen molar-refractivity contribution in [2.45, 2.75) is 38.5 Å². The first-order valence-corrected chi connectivity index (χ1v) is 7.94. The molecule has 0 heterocycles. The first kappa shape index (κ1) is 15.1. The number of aliphatic hydroxyl groups is 1. The molecule has 0 fully saturated rings. The predicted octanol–water partition coefficient (Wildman–Crippen LogP) is 3.39. The zero-order valence-electron chi connectivity index (χ0n) is 13.1. The summed E-state index contributed by atoms with van der Waals surface area (Å²) in [6, 6.07) is 16.4. The fourth-order valence-corrected chi connectivity index (χ4v) is 3.26. The average Bonchev–Trinajstić information content (AvgIpc) is 2.84. The Labute approximate surface area is 131 Å². The Hall–Kier alpha value is -1.84. The van der Waals surface area contributed by atoms with E-state index in [2.05, 4.69) is 30.4 Å². The van der Waals surface area contributed by atoms with Crippen molar-refractivity contribution in [3.8, 4) is 5.75 Å². The summed E-state index contributed by atoms with van der Waals surface area (Å²) in [6.45, 7) is 4.76. The molecule has 3 unspecified atom stereocenters. The van der Waals surface area contributed by atoms with E-state index in [4.69, 9.17) is 4.74 Å². The van der Waals surface area contributed by atoms with Crippen LogP contribution in [0, 0.1) is 0 Å². The third-order valence-electron chi connectivity index (χ3n) is 4.32. The van der Waals surface area contributed by atoms with Crippen molar-refractivity contribution in [3.05, 3.63) is 65.2 Å². The second-order valence-electron chi connectivity index (χ2n) is 5.81. The number of hydrogen-bond acceptors (Lipinski definition) is 3. The van der Waals surface area contributed by atoms with Crippen LogP contribution in [0.25, 0.3) is 0 Å². The lowest BCUT2D eigenvalue weighted by molar-refractivity contribution is 0.135. The number of rotatable bonds is 5. The van der Waals surface area contributed by atoms with E-state index < -0.39 is 0 Å². The smallest absolute Gasteiger partial charge is 0.124 e. The highest BCUT2D eigenvalue weighted by atomic mass is 16.5.